The smallest absolute Gasteiger partial charge is 0.108 e. The van der Waals surface area contributed by atoms with Gasteiger partial charge in [0.05, 0.1) is 0 Å². The quantitative estimate of drug-likeness (QED) is 0.807. The van der Waals surface area contributed by atoms with Gasteiger partial charge in [0.1, 0.15) is 5.69 Å². The van der Waals surface area contributed by atoms with Gasteiger partial charge >= 0.3 is 0 Å². The third-order valence-corrected chi connectivity index (χ3v) is 2.04. The van der Waals surface area contributed by atoms with Gasteiger partial charge in [-0.15, -0.1) is 17.3 Å². The lowest BCUT2D eigenvalue weighted by atomic mass is 10.2. The van der Waals surface area contributed by atoms with Crippen molar-refractivity contribution in [3.8, 4) is 0 Å². The average molecular weight is 235 g/mol. The van der Waals surface area contributed by atoms with Gasteiger partial charge in [-0.25, -0.2) is 0 Å². The van der Waals surface area contributed by atoms with Crippen molar-refractivity contribution in [2.75, 3.05) is 5.32 Å². The van der Waals surface area contributed by atoms with Gasteiger partial charge in [0.25, 0.3) is 0 Å². The van der Waals surface area contributed by atoms with E-state index in [1.807, 2.05) is 42.5 Å². The van der Waals surface area contributed by atoms with Crippen molar-refractivity contribution in [2.24, 2.45) is 5.18 Å². The van der Waals surface area contributed by atoms with E-state index in [0.717, 1.165) is 11.4 Å². The van der Waals surface area contributed by atoms with E-state index in [9.17, 15) is 4.91 Å². The van der Waals surface area contributed by atoms with E-state index >= 15 is 0 Å². The molecule has 0 aliphatic carbocycles. The Morgan fingerprint density at radius 1 is 0.812 bits per heavy atom. The van der Waals surface area contributed by atoms with Crippen LogP contribution in [0.4, 0.5) is 17.1 Å². The van der Waals surface area contributed by atoms with Crippen LogP contribution < -0.4 is 5.32 Å². The molecule has 0 aromatic heterocycles. The predicted octanol–water partition coefficient (Wildman–Crippen LogP) is 4.25. The highest BCUT2D eigenvalue weighted by Gasteiger charge is 1.94. The summed E-state index contributed by atoms with van der Waals surface area (Å²) in [4.78, 5) is 10.2. The molecule has 0 radical (unpaired) electrons. The van der Waals surface area contributed by atoms with Crippen molar-refractivity contribution in [2.45, 2.75) is 0 Å². The second-order valence-corrected chi connectivity index (χ2v) is 3.13. The summed E-state index contributed by atoms with van der Waals surface area (Å²) >= 11 is 0. The van der Waals surface area contributed by atoms with Crippen LogP contribution in [0.5, 0.6) is 0 Å². The zero-order valence-corrected chi connectivity index (χ0v) is 9.28. The van der Waals surface area contributed by atoms with Crippen LogP contribution in [-0.2, 0) is 0 Å². The van der Waals surface area contributed by atoms with Crippen molar-refractivity contribution in [3.05, 3.63) is 59.5 Å². The Morgan fingerprint density at radius 3 is 1.94 bits per heavy atom. The van der Waals surface area contributed by atoms with Gasteiger partial charge in [-0.1, -0.05) is 18.2 Å². The van der Waals surface area contributed by atoms with Crippen LogP contribution in [0.15, 0.2) is 59.8 Å². The Labute approximate surface area is 99.9 Å². The summed E-state index contributed by atoms with van der Waals surface area (Å²) < 4.78 is 0. The van der Waals surface area contributed by atoms with Crippen molar-refractivity contribution in [3.63, 3.8) is 0 Å². The molecule has 0 fully saturated rings. The standard InChI is InChI=1S/C12H10N2O.ClH/c15-14-12-8-6-11(7-9-12)13-10-4-2-1-3-5-10;/h1-9,13H;1H. The van der Waals surface area contributed by atoms with Crippen LogP contribution in [0.25, 0.3) is 0 Å². The second-order valence-electron chi connectivity index (χ2n) is 3.13. The zero-order valence-electron chi connectivity index (χ0n) is 8.46. The van der Waals surface area contributed by atoms with Crippen molar-refractivity contribution in [1.82, 2.24) is 0 Å². The molecule has 0 saturated heterocycles. The third-order valence-electron chi connectivity index (χ3n) is 2.04. The minimum absolute atomic E-state index is 0. The average Bonchev–Trinajstić information content (AvgIpc) is 2.31. The molecular weight excluding hydrogens is 224 g/mol. The summed E-state index contributed by atoms with van der Waals surface area (Å²) in [5, 5.41) is 6.05. The van der Waals surface area contributed by atoms with Crippen LogP contribution in [0, 0.1) is 4.91 Å². The second kappa shape index (κ2) is 5.88. The van der Waals surface area contributed by atoms with Crippen LogP contribution in [0.1, 0.15) is 0 Å². The lowest BCUT2D eigenvalue weighted by molar-refractivity contribution is 1.48. The maximum atomic E-state index is 10.2. The number of nitrogens with zero attached hydrogens (tertiary/aromatic N) is 1. The van der Waals surface area contributed by atoms with Crippen molar-refractivity contribution >= 4 is 29.5 Å². The molecule has 0 unspecified atom stereocenters. The van der Waals surface area contributed by atoms with Crippen LogP contribution in [0.3, 0.4) is 0 Å². The summed E-state index contributed by atoms with van der Waals surface area (Å²) in [5.74, 6) is 0. The molecule has 1 N–H and O–H groups in total. The predicted molar refractivity (Wildman–Crippen MR) is 68.9 cm³/mol. The molecule has 2 rings (SSSR count). The van der Waals surface area contributed by atoms with Gasteiger partial charge in [-0.05, 0) is 41.6 Å². The molecule has 0 atom stereocenters. The molecular formula is C12H11ClN2O. The van der Waals surface area contributed by atoms with E-state index in [-0.39, 0.29) is 12.4 Å². The lowest BCUT2D eigenvalue weighted by Gasteiger charge is -2.05. The molecule has 82 valence electrons. The van der Waals surface area contributed by atoms with Gasteiger partial charge in [-0.3, -0.25) is 0 Å². The molecule has 0 bridgehead atoms. The van der Waals surface area contributed by atoms with E-state index < -0.39 is 0 Å². The fourth-order valence-electron chi connectivity index (χ4n) is 1.29. The summed E-state index contributed by atoms with van der Waals surface area (Å²) in [6.07, 6.45) is 0. The fourth-order valence-corrected chi connectivity index (χ4v) is 1.29. The van der Waals surface area contributed by atoms with Gasteiger partial charge in [-0.2, -0.15) is 0 Å². The number of rotatable bonds is 3. The van der Waals surface area contributed by atoms with Crippen LogP contribution in [-0.4, -0.2) is 0 Å². The molecule has 0 aliphatic rings. The first-order valence-electron chi connectivity index (χ1n) is 4.64. The van der Waals surface area contributed by atoms with Crippen molar-refractivity contribution < 1.29 is 0 Å². The maximum absolute atomic E-state index is 10.2. The number of halogens is 1. The molecule has 3 nitrogen and oxygen atoms in total. The topological polar surface area (TPSA) is 41.5 Å². The highest BCUT2D eigenvalue weighted by molar-refractivity contribution is 5.85. The molecule has 2 aromatic carbocycles. The molecule has 16 heavy (non-hydrogen) atoms. The molecule has 0 spiro atoms. The third kappa shape index (κ3) is 3.07. The zero-order chi connectivity index (χ0) is 10.5. The van der Waals surface area contributed by atoms with Crippen molar-refractivity contribution in [1.29, 1.82) is 0 Å². The van der Waals surface area contributed by atoms with Gasteiger partial charge in [0, 0.05) is 11.4 Å². The largest absolute Gasteiger partial charge is 0.356 e. The molecule has 0 amide bonds. The maximum Gasteiger partial charge on any atom is 0.108 e. The molecule has 0 aliphatic heterocycles. The minimum atomic E-state index is 0. The van der Waals surface area contributed by atoms with E-state index in [1.54, 1.807) is 12.1 Å². The van der Waals surface area contributed by atoms with Crippen LogP contribution >= 0.6 is 12.4 Å². The van der Waals surface area contributed by atoms with Gasteiger partial charge in [0.2, 0.25) is 0 Å². The first-order valence-corrected chi connectivity index (χ1v) is 4.64. The van der Waals surface area contributed by atoms with Gasteiger partial charge in [0.15, 0.2) is 0 Å². The van der Waals surface area contributed by atoms with Gasteiger partial charge < -0.3 is 5.32 Å². The Hall–Kier alpha value is -1.87. The number of benzene rings is 2. The first kappa shape index (κ1) is 12.2. The summed E-state index contributed by atoms with van der Waals surface area (Å²) in [6.45, 7) is 0. The molecule has 2 aromatic rings. The Kier molecular flexibility index (Phi) is 4.48. The first-order chi connectivity index (χ1) is 7.38. The normalized spacial score (nSPS) is 9.00. The monoisotopic (exact) mass is 234 g/mol. The summed E-state index contributed by atoms with van der Waals surface area (Å²) in [6, 6.07) is 16.8. The number of nitrogens with one attached hydrogen (secondary N) is 1. The molecule has 0 heterocycles. The lowest BCUT2D eigenvalue weighted by Crippen LogP contribution is -1.88. The summed E-state index contributed by atoms with van der Waals surface area (Å²) in [7, 11) is 0. The SMILES string of the molecule is Cl.O=Nc1ccc(Nc2ccccc2)cc1. The number of hydrogen-bond donors (Lipinski definition) is 1. The highest BCUT2D eigenvalue weighted by Crippen LogP contribution is 2.19. The highest BCUT2D eigenvalue weighted by atomic mass is 35.5. The number of anilines is 2. The number of hydrogen-bond acceptors (Lipinski definition) is 3. The van der Waals surface area contributed by atoms with E-state index in [1.165, 1.54) is 0 Å². The molecule has 0 saturated carbocycles. The van der Waals surface area contributed by atoms with E-state index in [4.69, 9.17) is 0 Å². The Bertz CT molecular complexity index is 442. The minimum Gasteiger partial charge on any atom is -0.356 e. The van der Waals surface area contributed by atoms with E-state index in [2.05, 4.69) is 10.5 Å². The number of nitroso groups, excluding NO2 is 1. The Balaban J connectivity index is 0.00000128. The number of para-hydroxylation sites is 1. The summed E-state index contributed by atoms with van der Waals surface area (Å²) in [5.41, 5.74) is 2.39. The fraction of sp³-hybridized carbons (Fsp3) is 0. The van der Waals surface area contributed by atoms with E-state index in [0.29, 0.717) is 5.69 Å². The van der Waals surface area contributed by atoms with Crippen LogP contribution in [0.2, 0.25) is 0 Å². The Morgan fingerprint density at radius 2 is 1.38 bits per heavy atom. The molecule has 4 heteroatoms.